The Morgan fingerprint density at radius 3 is 0.492 bits per heavy atom. The quantitative estimate of drug-likeness (QED) is 0.139. The van der Waals surface area contributed by atoms with Crippen LogP contribution >= 0.6 is 0 Å². The third kappa shape index (κ3) is 64.8. The van der Waals surface area contributed by atoms with Crippen LogP contribution in [0.3, 0.4) is 0 Å². The smallest absolute Gasteiger partial charge is 0.128 e. The van der Waals surface area contributed by atoms with E-state index >= 15 is 0 Å². The SMILES string of the molecule is CC.CC.CC.CC.CC.CC.CC.Cc1ccncc1.Cc1ncccn1.Cc1ncccn1.Cc1ncccn1.Cc1ncncn1.Cc1ncncn1.Cc1ncncn1. The van der Waals surface area contributed by atoms with E-state index in [1.165, 1.54) is 43.5 Å². The number of hydrogen-bond donors (Lipinski definition) is 0. The van der Waals surface area contributed by atoms with Crippen LogP contribution in [0.25, 0.3) is 0 Å². The number of nitrogens with zero attached hydrogens (tertiary/aromatic N) is 16. The number of hydrogen-bond acceptors (Lipinski definition) is 16. The van der Waals surface area contributed by atoms with Crippen molar-refractivity contribution in [2.24, 2.45) is 0 Å². The van der Waals surface area contributed by atoms with Crippen LogP contribution < -0.4 is 0 Å². The minimum Gasteiger partial charge on any atom is -0.265 e. The molecule has 0 spiro atoms. The molecule has 7 heterocycles. The van der Waals surface area contributed by atoms with E-state index in [2.05, 4.69) is 79.7 Å². The van der Waals surface area contributed by atoms with Gasteiger partial charge in [0.2, 0.25) is 0 Å². The molecule has 0 radical (unpaired) electrons. The van der Waals surface area contributed by atoms with Crippen LogP contribution in [-0.2, 0) is 0 Å². The average Bonchev–Trinajstić information content (AvgIpc) is 3.36. The van der Waals surface area contributed by atoms with E-state index in [-0.39, 0.29) is 0 Å². The molecule has 0 bridgehead atoms. The second-order valence-corrected chi connectivity index (χ2v) is 8.97. The lowest BCUT2D eigenvalue weighted by atomic mass is 10.3. The summed E-state index contributed by atoms with van der Waals surface area (Å²) in [5, 5.41) is 0. The highest BCUT2D eigenvalue weighted by Crippen LogP contribution is 1.89. The molecule has 0 aromatic carbocycles. The normalized spacial score (nSPS) is 7.44. The Labute approximate surface area is 382 Å². The average molecular weight is 871 g/mol. The van der Waals surface area contributed by atoms with Crippen LogP contribution in [0.5, 0.6) is 0 Å². The van der Waals surface area contributed by atoms with Crippen LogP contribution in [0.1, 0.15) is 137 Å². The summed E-state index contributed by atoms with van der Waals surface area (Å²) in [6.07, 6.45) is 22.8. The number of aryl methyl sites for hydroxylation is 7. The number of rotatable bonds is 0. The molecule has 350 valence electrons. The Bertz CT molecular complexity index is 1330. The maximum atomic E-state index is 3.87. The van der Waals surface area contributed by atoms with Gasteiger partial charge >= 0.3 is 0 Å². The molecular weight excluding hydrogens is 789 g/mol. The van der Waals surface area contributed by atoms with Gasteiger partial charge in [-0.15, -0.1) is 0 Å². The van der Waals surface area contributed by atoms with Crippen molar-refractivity contribution in [2.75, 3.05) is 0 Å². The fraction of sp³-hybridized carbons (Fsp3) is 0.447. The molecule has 0 atom stereocenters. The van der Waals surface area contributed by atoms with Crippen LogP contribution in [0.2, 0.25) is 0 Å². The van der Waals surface area contributed by atoms with Crippen molar-refractivity contribution >= 4 is 0 Å². The van der Waals surface area contributed by atoms with Crippen LogP contribution in [0, 0.1) is 48.5 Å². The minimum atomic E-state index is 0.759. The van der Waals surface area contributed by atoms with Crippen LogP contribution in [0.4, 0.5) is 0 Å². The minimum absolute atomic E-state index is 0.759. The van der Waals surface area contributed by atoms with E-state index in [9.17, 15) is 0 Å². The Hall–Kier alpha value is -6.58. The second-order valence-electron chi connectivity index (χ2n) is 8.97. The van der Waals surface area contributed by atoms with E-state index in [0.29, 0.717) is 0 Å². The van der Waals surface area contributed by atoms with Gasteiger partial charge in [-0.25, -0.2) is 74.8 Å². The van der Waals surface area contributed by atoms with Crippen molar-refractivity contribution in [3.05, 3.63) is 158 Å². The summed E-state index contributed by atoms with van der Waals surface area (Å²) >= 11 is 0. The van der Waals surface area contributed by atoms with Gasteiger partial charge in [0.25, 0.3) is 0 Å². The molecule has 0 aliphatic carbocycles. The topological polar surface area (TPSA) is 206 Å². The highest BCUT2D eigenvalue weighted by atomic mass is 15.0. The van der Waals surface area contributed by atoms with Gasteiger partial charge in [0, 0.05) is 49.6 Å². The van der Waals surface area contributed by atoms with Crippen molar-refractivity contribution in [1.82, 2.24) is 79.7 Å². The van der Waals surface area contributed by atoms with Gasteiger partial charge in [0.1, 0.15) is 72.9 Å². The molecule has 16 nitrogen and oxygen atoms in total. The molecule has 7 aromatic heterocycles. The van der Waals surface area contributed by atoms with Gasteiger partial charge in [-0.3, -0.25) is 4.98 Å². The predicted molar refractivity (Wildman–Crippen MR) is 262 cm³/mol. The Kier molecular flexibility index (Phi) is 75.7. The first-order valence-corrected chi connectivity index (χ1v) is 21.6. The van der Waals surface area contributed by atoms with Gasteiger partial charge in [-0.1, -0.05) is 96.9 Å². The summed E-state index contributed by atoms with van der Waals surface area (Å²) in [5.74, 6) is 4.74. The van der Waals surface area contributed by atoms with E-state index in [1.54, 1.807) is 67.8 Å². The largest absolute Gasteiger partial charge is 0.265 e. The Morgan fingerprint density at radius 2 is 0.397 bits per heavy atom. The van der Waals surface area contributed by atoms with Crippen LogP contribution in [0.15, 0.2) is 118 Å². The third-order valence-corrected chi connectivity index (χ3v) is 4.80. The predicted octanol–water partition coefficient (Wildman–Crippen LogP) is 11.5. The Balaban J connectivity index is -0.000000111. The van der Waals surface area contributed by atoms with Gasteiger partial charge in [0.05, 0.1) is 0 Å². The van der Waals surface area contributed by atoms with E-state index in [4.69, 9.17) is 0 Å². The highest BCUT2D eigenvalue weighted by molar-refractivity contribution is 5.05. The second kappa shape index (κ2) is 67.2. The molecule has 16 heteroatoms. The maximum Gasteiger partial charge on any atom is 0.128 e. The summed E-state index contributed by atoms with van der Waals surface area (Å²) in [5.41, 5.74) is 1.26. The summed E-state index contributed by atoms with van der Waals surface area (Å²) in [6.45, 7) is 41.1. The Morgan fingerprint density at radius 1 is 0.222 bits per heavy atom. The molecule has 0 N–H and O–H groups in total. The van der Waals surface area contributed by atoms with Crippen LogP contribution in [-0.4, -0.2) is 79.7 Å². The molecule has 0 aliphatic rings. The van der Waals surface area contributed by atoms with E-state index in [1.807, 2.05) is 158 Å². The van der Waals surface area contributed by atoms with Crippen molar-refractivity contribution in [3.8, 4) is 0 Å². The van der Waals surface area contributed by atoms with Crippen molar-refractivity contribution in [1.29, 1.82) is 0 Å². The zero-order valence-corrected chi connectivity index (χ0v) is 42.6. The zero-order valence-electron chi connectivity index (χ0n) is 42.6. The van der Waals surface area contributed by atoms with Crippen molar-refractivity contribution < 1.29 is 0 Å². The molecular formula is C47H82N16. The fourth-order valence-electron chi connectivity index (χ4n) is 2.44. The van der Waals surface area contributed by atoms with Crippen molar-refractivity contribution in [2.45, 2.75) is 145 Å². The lowest BCUT2D eigenvalue weighted by Gasteiger charge is -1.82. The summed E-state index contributed by atoms with van der Waals surface area (Å²) in [6, 6.07) is 9.34. The first-order valence-electron chi connectivity index (χ1n) is 21.6. The van der Waals surface area contributed by atoms with Gasteiger partial charge < -0.3 is 0 Å². The first-order chi connectivity index (χ1) is 30.8. The van der Waals surface area contributed by atoms with E-state index < -0.39 is 0 Å². The molecule has 7 aromatic rings. The maximum absolute atomic E-state index is 3.87. The van der Waals surface area contributed by atoms with Gasteiger partial charge in [-0.05, 0) is 84.4 Å². The lowest BCUT2D eigenvalue weighted by Crippen LogP contribution is -1.84. The monoisotopic (exact) mass is 871 g/mol. The lowest BCUT2D eigenvalue weighted by molar-refractivity contribution is 0.973. The van der Waals surface area contributed by atoms with Gasteiger partial charge in [-0.2, -0.15) is 0 Å². The van der Waals surface area contributed by atoms with E-state index in [0.717, 1.165) is 34.9 Å². The zero-order chi connectivity index (χ0) is 49.8. The number of aromatic nitrogens is 16. The number of pyridine rings is 1. The molecule has 0 unspecified atom stereocenters. The summed E-state index contributed by atoms with van der Waals surface area (Å²) in [4.78, 5) is 60.5. The third-order valence-electron chi connectivity index (χ3n) is 4.80. The molecule has 63 heavy (non-hydrogen) atoms. The molecule has 0 fully saturated rings. The molecule has 0 saturated heterocycles. The molecule has 0 amide bonds. The summed E-state index contributed by atoms with van der Waals surface area (Å²) < 4.78 is 0. The van der Waals surface area contributed by atoms with Crippen molar-refractivity contribution in [3.63, 3.8) is 0 Å². The fourth-order valence-corrected chi connectivity index (χ4v) is 2.44. The first kappa shape index (κ1) is 71.0. The molecule has 0 saturated carbocycles. The summed E-state index contributed by atoms with van der Waals surface area (Å²) in [7, 11) is 0. The molecule has 0 aliphatic heterocycles. The van der Waals surface area contributed by atoms with Gasteiger partial charge in [0.15, 0.2) is 0 Å². The molecule has 7 rings (SSSR count). The highest BCUT2D eigenvalue weighted by Gasteiger charge is 1.79. The standard InChI is InChI=1S/C6H7N.3C5H6N2.3C4H5N3.7C2H6/c1-6-2-4-7-5-3-6;3*1-5-6-3-2-4-7-5;3*1-4-6-2-5-3-7-4;7*1-2/h2-5H,1H3;3*2-4H,1H3;3*2-3H,1H3;7*1-2H3.